The van der Waals surface area contributed by atoms with Gasteiger partial charge in [-0.2, -0.15) is 0 Å². The van der Waals surface area contributed by atoms with Gasteiger partial charge in [0, 0.05) is 6.08 Å². The lowest BCUT2D eigenvalue weighted by Gasteiger charge is -1.99. The summed E-state index contributed by atoms with van der Waals surface area (Å²) < 4.78 is 5.71. The van der Waals surface area contributed by atoms with Crippen molar-refractivity contribution in [2.75, 3.05) is 0 Å². The fraction of sp³-hybridized carbons (Fsp3) is 0.833. The molecule has 0 aromatic heterocycles. The van der Waals surface area contributed by atoms with Crippen LogP contribution in [-0.2, 0) is 9.53 Å². The number of carboxylic acids is 1. The van der Waals surface area contributed by atoms with E-state index in [2.05, 4.69) is 6.92 Å². The molecular weight excluding hydrogens is 264 g/mol. The predicted octanol–water partition coefficient (Wildman–Crippen LogP) is 5.10. The molecule has 1 saturated heterocycles. The molecule has 1 heterocycles. The first-order valence-corrected chi connectivity index (χ1v) is 8.79. The van der Waals surface area contributed by atoms with Gasteiger partial charge in [-0.05, 0) is 25.7 Å². The highest BCUT2D eigenvalue weighted by Gasteiger charge is 2.36. The van der Waals surface area contributed by atoms with E-state index >= 15 is 0 Å². The average Bonchev–Trinajstić information content (AvgIpc) is 3.20. The first-order chi connectivity index (χ1) is 10.2. The molecular formula is C18H32O3. The van der Waals surface area contributed by atoms with Gasteiger partial charge in [0.05, 0.1) is 12.2 Å². The van der Waals surface area contributed by atoms with Crippen molar-refractivity contribution in [3.8, 4) is 0 Å². The monoisotopic (exact) mass is 296 g/mol. The Kier molecular flexibility index (Phi) is 10.2. The van der Waals surface area contributed by atoms with Crippen LogP contribution >= 0.6 is 0 Å². The van der Waals surface area contributed by atoms with Crippen molar-refractivity contribution in [1.82, 2.24) is 0 Å². The molecule has 0 radical (unpaired) electrons. The number of ether oxygens (including phenoxy) is 1. The van der Waals surface area contributed by atoms with Crippen molar-refractivity contribution < 1.29 is 14.6 Å². The maximum Gasteiger partial charge on any atom is 0.327 e. The molecule has 0 aromatic rings. The molecule has 3 nitrogen and oxygen atoms in total. The van der Waals surface area contributed by atoms with E-state index < -0.39 is 5.97 Å². The van der Waals surface area contributed by atoms with Gasteiger partial charge < -0.3 is 9.84 Å². The summed E-state index contributed by atoms with van der Waals surface area (Å²) in [4.78, 5) is 10.3. The van der Waals surface area contributed by atoms with Crippen molar-refractivity contribution in [3.63, 3.8) is 0 Å². The highest BCUT2D eigenvalue weighted by atomic mass is 16.6. The molecule has 2 atom stereocenters. The van der Waals surface area contributed by atoms with Crippen LogP contribution < -0.4 is 0 Å². The number of aliphatic carboxylic acids is 1. The van der Waals surface area contributed by atoms with Gasteiger partial charge in [0.25, 0.3) is 0 Å². The molecule has 1 rings (SSSR count). The zero-order chi connectivity index (χ0) is 15.3. The number of hydrogen-bond acceptors (Lipinski definition) is 2. The second-order valence-electron chi connectivity index (χ2n) is 6.15. The number of rotatable bonds is 14. The van der Waals surface area contributed by atoms with Gasteiger partial charge in [-0.3, -0.25) is 0 Å². The van der Waals surface area contributed by atoms with Crippen LogP contribution in [0.25, 0.3) is 0 Å². The van der Waals surface area contributed by atoms with Crippen LogP contribution in [0.3, 0.4) is 0 Å². The van der Waals surface area contributed by atoms with E-state index in [1.807, 2.05) is 0 Å². The molecule has 0 amide bonds. The van der Waals surface area contributed by atoms with Gasteiger partial charge in [-0.1, -0.05) is 64.4 Å². The summed E-state index contributed by atoms with van der Waals surface area (Å²) in [5.41, 5.74) is 0. The first kappa shape index (κ1) is 18.2. The Morgan fingerprint density at radius 2 is 1.52 bits per heavy atom. The number of epoxide rings is 1. The summed E-state index contributed by atoms with van der Waals surface area (Å²) in [5, 5.41) is 8.45. The second kappa shape index (κ2) is 11.8. The molecule has 122 valence electrons. The van der Waals surface area contributed by atoms with Gasteiger partial charge in [-0.25, -0.2) is 4.79 Å². The second-order valence-corrected chi connectivity index (χ2v) is 6.15. The van der Waals surface area contributed by atoms with Crippen LogP contribution in [0.2, 0.25) is 0 Å². The lowest BCUT2D eigenvalue weighted by atomic mass is 10.0. The Morgan fingerprint density at radius 1 is 0.952 bits per heavy atom. The maximum atomic E-state index is 10.3. The highest BCUT2D eigenvalue weighted by molar-refractivity contribution is 5.79. The normalized spacial score (nSPS) is 21.0. The Bertz CT molecular complexity index is 299. The largest absolute Gasteiger partial charge is 0.478 e. The summed E-state index contributed by atoms with van der Waals surface area (Å²) in [6.07, 6.45) is 19.0. The Morgan fingerprint density at radius 3 is 2.14 bits per heavy atom. The number of unbranched alkanes of at least 4 members (excludes halogenated alkanes) is 8. The highest BCUT2D eigenvalue weighted by Crippen LogP contribution is 2.31. The zero-order valence-corrected chi connectivity index (χ0v) is 13.6. The quantitative estimate of drug-likeness (QED) is 0.276. The number of carbonyl (C=O) groups is 1. The van der Waals surface area contributed by atoms with Crippen molar-refractivity contribution in [3.05, 3.63) is 12.2 Å². The molecule has 0 spiro atoms. The minimum absolute atomic E-state index is 0.523. The van der Waals surface area contributed by atoms with Gasteiger partial charge in [0.2, 0.25) is 0 Å². The number of carboxylic acid groups (broad SMARTS) is 1. The van der Waals surface area contributed by atoms with Crippen LogP contribution in [0, 0.1) is 0 Å². The topological polar surface area (TPSA) is 49.8 Å². The molecule has 1 fully saturated rings. The van der Waals surface area contributed by atoms with Gasteiger partial charge in [0.15, 0.2) is 0 Å². The molecule has 0 aliphatic carbocycles. The summed E-state index contributed by atoms with van der Waals surface area (Å²) in [5.74, 6) is -0.848. The Labute approximate surface area is 129 Å². The van der Waals surface area contributed by atoms with Crippen LogP contribution in [-0.4, -0.2) is 23.3 Å². The van der Waals surface area contributed by atoms with Crippen molar-refractivity contribution in [2.45, 2.75) is 96.2 Å². The van der Waals surface area contributed by atoms with E-state index in [4.69, 9.17) is 9.84 Å². The fourth-order valence-corrected chi connectivity index (χ4v) is 2.78. The Balaban J connectivity index is 1.81. The van der Waals surface area contributed by atoms with Gasteiger partial charge in [0.1, 0.15) is 0 Å². The first-order valence-electron chi connectivity index (χ1n) is 8.79. The minimum atomic E-state index is -0.848. The third kappa shape index (κ3) is 10.5. The number of allylic oxidation sites excluding steroid dienone is 1. The third-order valence-electron chi connectivity index (χ3n) is 4.15. The van der Waals surface area contributed by atoms with Crippen LogP contribution in [0.5, 0.6) is 0 Å². The predicted molar refractivity (Wildman–Crippen MR) is 86.5 cm³/mol. The molecule has 3 heteroatoms. The molecule has 0 bridgehead atoms. The van der Waals surface area contributed by atoms with Crippen LogP contribution in [0.15, 0.2) is 12.2 Å². The molecule has 0 saturated carbocycles. The zero-order valence-electron chi connectivity index (χ0n) is 13.6. The SMILES string of the molecule is CCCCCCCCC1OC1CCCCC/C=C/C(=O)O. The summed E-state index contributed by atoms with van der Waals surface area (Å²) in [7, 11) is 0. The van der Waals surface area contributed by atoms with E-state index in [1.165, 1.54) is 70.3 Å². The van der Waals surface area contributed by atoms with E-state index in [0.717, 1.165) is 12.8 Å². The summed E-state index contributed by atoms with van der Waals surface area (Å²) >= 11 is 0. The van der Waals surface area contributed by atoms with Gasteiger partial charge in [-0.15, -0.1) is 0 Å². The lowest BCUT2D eigenvalue weighted by Crippen LogP contribution is -1.94. The number of hydrogen-bond donors (Lipinski definition) is 1. The molecule has 21 heavy (non-hydrogen) atoms. The minimum Gasteiger partial charge on any atom is -0.478 e. The standard InChI is InChI=1S/C18H32O3/c1-2-3-4-5-7-10-13-16-17(21-16)14-11-8-6-9-12-15-18(19)20/h12,15-17H,2-11,13-14H2,1H3,(H,19,20)/b15-12+. The summed E-state index contributed by atoms with van der Waals surface area (Å²) in [6, 6.07) is 0. The lowest BCUT2D eigenvalue weighted by molar-refractivity contribution is -0.131. The molecule has 1 aliphatic heterocycles. The van der Waals surface area contributed by atoms with Crippen molar-refractivity contribution >= 4 is 5.97 Å². The smallest absolute Gasteiger partial charge is 0.327 e. The van der Waals surface area contributed by atoms with Crippen LogP contribution in [0.4, 0.5) is 0 Å². The van der Waals surface area contributed by atoms with Crippen molar-refractivity contribution in [2.24, 2.45) is 0 Å². The fourth-order valence-electron chi connectivity index (χ4n) is 2.78. The van der Waals surface area contributed by atoms with Crippen molar-refractivity contribution in [1.29, 1.82) is 0 Å². The van der Waals surface area contributed by atoms with Crippen LogP contribution in [0.1, 0.15) is 84.0 Å². The molecule has 1 N–H and O–H groups in total. The summed E-state index contributed by atoms with van der Waals surface area (Å²) in [6.45, 7) is 2.26. The van der Waals surface area contributed by atoms with E-state index in [0.29, 0.717) is 12.2 Å². The Hall–Kier alpha value is -0.830. The van der Waals surface area contributed by atoms with E-state index in [1.54, 1.807) is 6.08 Å². The van der Waals surface area contributed by atoms with E-state index in [9.17, 15) is 4.79 Å². The maximum absolute atomic E-state index is 10.3. The van der Waals surface area contributed by atoms with E-state index in [-0.39, 0.29) is 0 Å². The molecule has 1 aliphatic rings. The third-order valence-corrected chi connectivity index (χ3v) is 4.15. The molecule has 2 unspecified atom stereocenters. The average molecular weight is 296 g/mol. The van der Waals surface area contributed by atoms with Gasteiger partial charge >= 0.3 is 5.97 Å². The molecule has 0 aromatic carbocycles.